The van der Waals surface area contributed by atoms with E-state index in [0.717, 1.165) is 41.2 Å². The fraction of sp³-hybridized carbons (Fsp3) is 0.385. The van der Waals surface area contributed by atoms with Crippen molar-refractivity contribution >= 4 is 28.4 Å². The van der Waals surface area contributed by atoms with E-state index in [1.54, 1.807) is 11.3 Å². The number of benzene rings is 1. The monoisotopic (exact) mass is 455 g/mol. The topological polar surface area (TPSA) is 36.4 Å². The molecule has 0 saturated carbocycles. The summed E-state index contributed by atoms with van der Waals surface area (Å²) in [5.41, 5.74) is 7.02. The van der Waals surface area contributed by atoms with Crippen molar-refractivity contribution in [3.05, 3.63) is 75.4 Å². The van der Waals surface area contributed by atoms with Crippen molar-refractivity contribution in [3.63, 3.8) is 0 Å². The van der Waals surface area contributed by atoms with Gasteiger partial charge in [0.1, 0.15) is 5.01 Å². The molecule has 4 nitrogen and oxygen atoms in total. The molecular weight excluding hydrogens is 421 g/mol. The number of rotatable bonds is 7. The highest BCUT2D eigenvalue weighted by Gasteiger charge is 2.20. The van der Waals surface area contributed by atoms with E-state index in [9.17, 15) is 4.79 Å². The Morgan fingerprint density at radius 2 is 2.03 bits per heavy atom. The van der Waals surface area contributed by atoms with Crippen LogP contribution in [0.4, 0.5) is 4.70 Å². The first-order valence-electron chi connectivity index (χ1n) is 10.9. The van der Waals surface area contributed by atoms with Gasteiger partial charge in [0.05, 0.1) is 6.54 Å². The fourth-order valence-electron chi connectivity index (χ4n) is 3.71. The van der Waals surface area contributed by atoms with Crippen molar-refractivity contribution in [3.8, 4) is 0 Å². The van der Waals surface area contributed by atoms with Crippen LogP contribution < -0.4 is 0 Å². The lowest BCUT2D eigenvalue weighted by Gasteiger charge is -2.29. The van der Waals surface area contributed by atoms with Gasteiger partial charge in [0, 0.05) is 36.9 Å². The van der Waals surface area contributed by atoms with E-state index in [1.165, 1.54) is 21.6 Å². The molecule has 172 valence electrons. The molecule has 1 aromatic heterocycles. The van der Waals surface area contributed by atoms with Crippen molar-refractivity contribution in [1.29, 1.82) is 0 Å². The summed E-state index contributed by atoms with van der Waals surface area (Å²) in [5.74, 6) is 0.157. The molecule has 0 bridgehead atoms. The Kier molecular flexibility index (Phi) is 8.96. The van der Waals surface area contributed by atoms with E-state index in [0.29, 0.717) is 13.1 Å². The first-order chi connectivity index (χ1) is 14.8. The van der Waals surface area contributed by atoms with Gasteiger partial charge in [-0.3, -0.25) is 9.50 Å². The maximum absolute atomic E-state index is 12.9. The minimum absolute atomic E-state index is 0. The third-order valence-electron chi connectivity index (χ3n) is 5.90. The Balaban J connectivity index is 0.00000363. The van der Waals surface area contributed by atoms with Crippen LogP contribution in [0, 0.1) is 20.8 Å². The molecule has 0 N–H and O–H groups in total. The molecule has 0 saturated heterocycles. The van der Waals surface area contributed by atoms with Gasteiger partial charge < -0.3 is 9.80 Å². The lowest BCUT2D eigenvalue weighted by atomic mass is 10.0. The van der Waals surface area contributed by atoms with Crippen LogP contribution in [0.15, 0.2) is 48.8 Å². The molecule has 0 spiro atoms. The molecule has 1 aliphatic rings. The maximum atomic E-state index is 12.9. The Bertz CT molecular complexity index is 1040. The predicted octanol–water partition coefficient (Wildman–Crippen LogP) is 5.78. The zero-order valence-corrected chi connectivity index (χ0v) is 20.6. The molecular formula is C26H34FN3OS. The van der Waals surface area contributed by atoms with Crippen molar-refractivity contribution < 1.29 is 9.50 Å². The fourth-order valence-corrected chi connectivity index (χ4v) is 4.54. The van der Waals surface area contributed by atoms with Gasteiger partial charge in [0.15, 0.2) is 0 Å². The van der Waals surface area contributed by atoms with Crippen LogP contribution in [0.3, 0.4) is 0 Å². The van der Waals surface area contributed by atoms with Crippen LogP contribution in [0.5, 0.6) is 0 Å². The van der Waals surface area contributed by atoms with Gasteiger partial charge in [0.25, 0.3) is 0 Å². The number of hydrogen-bond acceptors (Lipinski definition) is 4. The SMILES string of the molecule is C=C(/C=C(/CC)N(C)CC(=O)N1CC=C(c2ncc(C)s2)CC1)c1ccc(C)c(C)c1.F. The van der Waals surface area contributed by atoms with Crippen molar-refractivity contribution in [2.75, 3.05) is 26.7 Å². The van der Waals surface area contributed by atoms with Crippen LogP contribution in [0.2, 0.25) is 0 Å². The zero-order chi connectivity index (χ0) is 22.5. The van der Waals surface area contributed by atoms with E-state index in [4.69, 9.17) is 0 Å². The van der Waals surface area contributed by atoms with E-state index < -0.39 is 0 Å². The second-order valence-corrected chi connectivity index (χ2v) is 9.50. The first-order valence-corrected chi connectivity index (χ1v) is 11.7. The number of aromatic nitrogens is 1. The molecule has 0 aliphatic carbocycles. The summed E-state index contributed by atoms with van der Waals surface area (Å²) in [7, 11) is 1.99. The largest absolute Gasteiger partial charge is 0.369 e. The van der Waals surface area contributed by atoms with Gasteiger partial charge in [-0.15, -0.1) is 11.3 Å². The van der Waals surface area contributed by atoms with Crippen LogP contribution in [-0.2, 0) is 4.79 Å². The highest BCUT2D eigenvalue weighted by atomic mass is 32.1. The standard InChI is InChI=1S/C26H33N3OS.FH/c1-7-24(15-20(4)23-9-8-18(2)19(3)14-23)28(6)17-25(30)29-12-10-22(11-13-29)26-27-16-21(5)31-26;/h8-10,14-16H,4,7,11-13,17H2,1-3,5-6H3;1H/b24-15-;. The molecule has 0 unspecified atom stereocenters. The summed E-state index contributed by atoms with van der Waals surface area (Å²) < 4.78 is 0. The maximum Gasteiger partial charge on any atom is 0.242 e. The summed E-state index contributed by atoms with van der Waals surface area (Å²) in [6, 6.07) is 6.42. The molecule has 1 aromatic carbocycles. The van der Waals surface area contributed by atoms with Crippen LogP contribution in [-0.4, -0.2) is 47.4 Å². The highest BCUT2D eigenvalue weighted by molar-refractivity contribution is 7.12. The number of aryl methyl sites for hydroxylation is 3. The Hall–Kier alpha value is -2.73. The molecule has 0 fully saturated rings. The second kappa shape index (κ2) is 11.2. The van der Waals surface area contributed by atoms with Crippen molar-refractivity contribution in [2.45, 2.75) is 40.5 Å². The number of amides is 1. The van der Waals surface area contributed by atoms with E-state index in [1.807, 2.05) is 18.1 Å². The highest BCUT2D eigenvalue weighted by Crippen LogP contribution is 2.26. The first kappa shape index (κ1) is 25.5. The lowest BCUT2D eigenvalue weighted by molar-refractivity contribution is -0.131. The van der Waals surface area contributed by atoms with Gasteiger partial charge in [-0.25, -0.2) is 4.98 Å². The van der Waals surface area contributed by atoms with Crippen molar-refractivity contribution in [2.24, 2.45) is 0 Å². The normalized spacial score (nSPS) is 14.0. The Morgan fingerprint density at radius 1 is 1.28 bits per heavy atom. The van der Waals surface area contributed by atoms with Crippen LogP contribution in [0.1, 0.15) is 46.3 Å². The van der Waals surface area contributed by atoms with Gasteiger partial charge in [-0.05, 0) is 67.5 Å². The predicted molar refractivity (Wildman–Crippen MR) is 134 cm³/mol. The zero-order valence-electron chi connectivity index (χ0n) is 19.8. The molecule has 2 heterocycles. The third-order valence-corrected chi connectivity index (χ3v) is 6.89. The molecule has 0 radical (unpaired) electrons. The number of carbonyl (C=O) groups excluding carboxylic acids is 1. The average molecular weight is 456 g/mol. The molecule has 32 heavy (non-hydrogen) atoms. The Labute approximate surface area is 195 Å². The van der Waals surface area contributed by atoms with Crippen LogP contribution >= 0.6 is 11.3 Å². The van der Waals surface area contributed by atoms with Crippen LogP contribution in [0.25, 0.3) is 11.1 Å². The molecule has 1 amide bonds. The van der Waals surface area contributed by atoms with E-state index in [2.05, 4.69) is 74.5 Å². The summed E-state index contributed by atoms with van der Waals surface area (Å²) in [6.07, 6.45) is 7.88. The molecule has 3 rings (SSSR count). The average Bonchev–Trinajstić information content (AvgIpc) is 3.20. The minimum Gasteiger partial charge on any atom is -0.369 e. The van der Waals surface area contributed by atoms with Gasteiger partial charge in [0.2, 0.25) is 5.91 Å². The number of hydrogen-bond donors (Lipinski definition) is 0. The van der Waals surface area contributed by atoms with E-state index in [-0.39, 0.29) is 10.6 Å². The molecule has 1 aliphatic heterocycles. The summed E-state index contributed by atoms with van der Waals surface area (Å²) >= 11 is 1.72. The van der Waals surface area contributed by atoms with E-state index >= 15 is 0 Å². The molecule has 2 aromatic rings. The smallest absolute Gasteiger partial charge is 0.242 e. The van der Waals surface area contributed by atoms with Gasteiger partial charge >= 0.3 is 0 Å². The van der Waals surface area contributed by atoms with Gasteiger partial charge in [-0.1, -0.05) is 37.8 Å². The third kappa shape index (κ3) is 6.16. The number of halogens is 1. The second-order valence-electron chi connectivity index (χ2n) is 8.26. The van der Waals surface area contributed by atoms with Gasteiger partial charge in [-0.2, -0.15) is 0 Å². The lowest BCUT2D eigenvalue weighted by Crippen LogP contribution is -2.40. The quantitative estimate of drug-likeness (QED) is 0.497. The van der Waals surface area contributed by atoms with Crippen molar-refractivity contribution in [1.82, 2.24) is 14.8 Å². The summed E-state index contributed by atoms with van der Waals surface area (Å²) in [4.78, 5) is 22.6. The summed E-state index contributed by atoms with van der Waals surface area (Å²) in [5, 5.41) is 1.09. The molecule has 6 heteroatoms. The summed E-state index contributed by atoms with van der Waals surface area (Å²) in [6.45, 7) is 14.5. The Morgan fingerprint density at radius 3 is 2.59 bits per heavy atom. The number of carbonyl (C=O) groups is 1. The number of thiazole rings is 1. The molecule has 0 atom stereocenters. The minimum atomic E-state index is 0. The number of nitrogens with zero attached hydrogens (tertiary/aromatic N) is 3. The number of likely N-dealkylation sites (N-methyl/N-ethyl adjacent to an activating group) is 1. The number of allylic oxidation sites excluding steroid dienone is 3.